The lowest BCUT2D eigenvalue weighted by Gasteiger charge is -2.19. The van der Waals surface area contributed by atoms with Crippen LogP contribution in [0.25, 0.3) is 0 Å². The molecule has 6 nitrogen and oxygen atoms in total. The van der Waals surface area contributed by atoms with Gasteiger partial charge in [-0.1, -0.05) is 24.3 Å². The third-order valence-corrected chi connectivity index (χ3v) is 5.34. The molecule has 146 valence electrons. The first-order chi connectivity index (χ1) is 13.6. The van der Waals surface area contributed by atoms with E-state index in [0.29, 0.717) is 19.5 Å². The zero-order valence-corrected chi connectivity index (χ0v) is 15.5. The van der Waals surface area contributed by atoms with Crippen LogP contribution in [0.4, 0.5) is 10.1 Å². The van der Waals surface area contributed by atoms with E-state index in [1.807, 2.05) is 24.3 Å². The highest BCUT2D eigenvalue weighted by atomic mass is 19.1. The molecule has 0 bridgehead atoms. The van der Waals surface area contributed by atoms with Gasteiger partial charge >= 0.3 is 0 Å². The first-order valence-corrected chi connectivity index (χ1v) is 9.53. The molecule has 28 heavy (non-hydrogen) atoms. The fourth-order valence-corrected chi connectivity index (χ4v) is 3.76. The van der Waals surface area contributed by atoms with Crippen molar-refractivity contribution in [2.45, 2.75) is 25.4 Å². The molecule has 2 amide bonds. The molecule has 0 aliphatic carbocycles. The summed E-state index contributed by atoms with van der Waals surface area (Å²) in [6.07, 6.45) is 1.51. The Bertz CT molecular complexity index is 854. The van der Waals surface area contributed by atoms with Crippen LogP contribution in [-0.2, 0) is 16.1 Å². The van der Waals surface area contributed by atoms with Crippen LogP contribution in [0.2, 0.25) is 0 Å². The van der Waals surface area contributed by atoms with Crippen LogP contribution < -0.4 is 21.1 Å². The molecule has 0 aromatic heterocycles. The summed E-state index contributed by atoms with van der Waals surface area (Å²) in [5.74, 6) is -0.485. The Morgan fingerprint density at radius 1 is 1.14 bits per heavy atom. The monoisotopic (exact) mass is 382 g/mol. The van der Waals surface area contributed by atoms with Crippen LogP contribution >= 0.6 is 0 Å². The van der Waals surface area contributed by atoms with E-state index in [1.54, 1.807) is 17.0 Å². The van der Waals surface area contributed by atoms with E-state index >= 15 is 0 Å². The highest BCUT2D eigenvalue weighted by Gasteiger charge is 2.33. The fourth-order valence-electron chi connectivity index (χ4n) is 3.76. The molecule has 2 aromatic carbocycles. The van der Waals surface area contributed by atoms with Gasteiger partial charge in [0.2, 0.25) is 11.8 Å². The van der Waals surface area contributed by atoms with Gasteiger partial charge in [0.15, 0.2) is 0 Å². The molecule has 0 saturated carbocycles. The third kappa shape index (κ3) is 3.90. The van der Waals surface area contributed by atoms with Gasteiger partial charge in [-0.2, -0.15) is 0 Å². The number of hydrogen-bond acceptors (Lipinski definition) is 4. The molecular weight excluding hydrogens is 359 g/mol. The predicted octanol–water partition coefficient (Wildman–Crippen LogP) is 2.03. The van der Waals surface area contributed by atoms with Crippen molar-refractivity contribution in [3.63, 3.8) is 0 Å². The molecule has 2 aliphatic heterocycles. The van der Waals surface area contributed by atoms with Crippen molar-refractivity contribution in [1.29, 1.82) is 0 Å². The highest BCUT2D eigenvalue weighted by molar-refractivity contribution is 5.95. The predicted molar refractivity (Wildman–Crippen MR) is 104 cm³/mol. The van der Waals surface area contributed by atoms with E-state index in [4.69, 9.17) is 0 Å². The number of hydrazine groups is 1. The summed E-state index contributed by atoms with van der Waals surface area (Å²) in [7, 11) is 0. The van der Waals surface area contributed by atoms with Gasteiger partial charge in [-0.05, 0) is 41.8 Å². The second kappa shape index (κ2) is 8.08. The van der Waals surface area contributed by atoms with Crippen molar-refractivity contribution in [3.05, 3.63) is 65.5 Å². The molecule has 3 N–H and O–H groups in total. The number of hydrogen-bond donors (Lipinski definition) is 3. The van der Waals surface area contributed by atoms with Crippen molar-refractivity contribution >= 4 is 17.5 Å². The molecule has 2 fully saturated rings. The smallest absolute Gasteiger partial charge is 0.227 e. The number of nitrogens with one attached hydrogen (secondary N) is 3. The van der Waals surface area contributed by atoms with Gasteiger partial charge < -0.3 is 10.2 Å². The van der Waals surface area contributed by atoms with Gasteiger partial charge in [0.05, 0.1) is 12.0 Å². The maximum atomic E-state index is 13.1. The summed E-state index contributed by atoms with van der Waals surface area (Å²) >= 11 is 0. The summed E-state index contributed by atoms with van der Waals surface area (Å²) in [5.41, 5.74) is 8.85. The minimum Gasteiger partial charge on any atom is -0.352 e. The van der Waals surface area contributed by atoms with Gasteiger partial charge in [0.25, 0.3) is 0 Å². The second-order valence-electron chi connectivity index (χ2n) is 7.19. The zero-order chi connectivity index (χ0) is 19.5. The van der Waals surface area contributed by atoms with E-state index in [-0.39, 0.29) is 29.6 Å². The molecule has 2 aromatic rings. The molecule has 4 rings (SSSR count). The standard InChI is InChI=1S/C21H23FN4O2/c22-16-7-5-15(6-8-16)20-18(13-24-25-20)21(28)23-12-14-3-9-17(10-4-14)26-11-1-2-19(26)27/h3-10,18,20,24-25H,1-2,11-13H2,(H,23,28). The Morgan fingerprint density at radius 3 is 2.57 bits per heavy atom. The van der Waals surface area contributed by atoms with E-state index in [1.165, 1.54) is 12.1 Å². The first kappa shape index (κ1) is 18.6. The summed E-state index contributed by atoms with van der Waals surface area (Å²) in [6.45, 7) is 1.69. The number of anilines is 1. The van der Waals surface area contributed by atoms with Crippen LogP contribution in [0, 0.1) is 11.7 Å². The number of amides is 2. The van der Waals surface area contributed by atoms with Crippen LogP contribution in [0.3, 0.4) is 0 Å². The number of carbonyl (C=O) groups excluding carboxylic acids is 2. The first-order valence-electron chi connectivity index (χ1n) is 9.53. The lowest BCUT2D eigenvalue weighted by molar-refractivity contribution is -0.125. The average Bonchev–Trinajstić information content (AvgIpc) is 3.36. The molecule has 2 saturated heterocycles. The van der Waals surface area contributed by atoms with Gasteiger partial charge in [-0.3, -0.25) is 15.0 Å². The lowest BCUT2D eigenvalue weighted by atomic mass is 9.94. The Hall–Kier alpha value is -2.77. The highest BCUT2D eigenvalue weighted by Crippen LogP contribution is 2.25. The number of carbonyl (C=O) groups is 2. The van der Waals surface area contributed by atoms with E-state index in [9.17, 15) is 14.0 Å². The maximum Gasteiger partial charge on any atom is 0.227 e. The van der Waals surface area contributed by atoms with Crippen LogP contribution in [0.5, 0.6) is 0 Å². The van der Waals surface area contributed by atoms with Gasteiger partial charge in [-0.25, -0.2) is 9.82 Å². The molecule has 0 radical (unpaired) electrons. The maximum absolute atomic E-state index is 13.1. The Labute approximate surface area is 163 Å². The molecule has 2 atom stereocenters. The Kier molecular flexibility index (Phi) is 5.36. The SMILES string of the molecule is O=C(NCc1ccc(N2CCCC2=O)cc1)C1CNNC1c1ccc(F)cc1. The van der Waals surface area contributed by atoms with Gasteiger partial charge in [0.1, 0.15) is 5.82 Å². The van der Waals surface area contributed by atoms with E-state index in [2.05, 4.69) is 16.2 Å². The topological polar surface area (TPSA) is 73.5 Å². The minimum absolute atomic E-state index is 0.0642. The van der Waals surface area contributed by atoms with Gasteiger partial charge in [0, 0.05) is 31.7 Å². The van der Waals surface area contributed by atoms with Crippen molar-refractivity contribution < 1.29 is 14.0 Å². The normalized spacial score (nSPS) is 21.9. The van der Waals surface area contributed by atoms with Crippen molar-refractivity contribution in [2.75, 3.05) is 18.0 Å². The number of benzene rings is 2. The second-order valence-corrected chi connectivity index (χ2v) is 7.19. The molecule has 0 spiro atoms. The number of halogens is 1. The van der Waals surface area contributed by atoms with Crippen LogP contribution in [0.1, 0.15) is 30.0 Å². The van der Waals surface area contributed by atoms with Crippen LogP contribution in [-0.4, -0.2) is 24.9 Å². The largest absolute Gasteiger partial charge is 0.352 e. The lowest BCUT2D eigenvalue weighted by Crippen LogP contribution is -2.34. The number of rotatable bonds is 5. The van der Waals surface area contributed by atoms with Gasteiger partial charge in [-0.15, -0.1) is 0 Å². The summed E-state index contributed by atoms with van der Waals surface area (Å²) in [4.78, 5) is 26.3. The summed E-state index contributed by atoms with van der Waals surface area (Å²) < 4.78 is 13.1. The van der Waals surface area contributed by atoms with E-state index in [0.717, 1.165) is 29.8 Å². The fraction of sp³-hybridized carbons (Fsp3) is 0.333. The molecule has 7 heteroatoms. The average molecular weight is 382 g/mol. The molecule has 2 unspecified atom stereocenters. The Balaban J connectivity index is 1.36. The van der Waals surface area contributed by atoms with Crippen molar-refractivity contribution in [1.82, 2.24) is 16.2 Å². The third-order valence-electron chi connectivity index (χ3n) is 5.34. The summed E-state index contributed by atoms with van der Waals surface area (Å²) in [5, 5.41) is 2.98. The molecular formula is C21H23FN4O2. The van der Waals surface area contributed by atoms with E-state index < -0.39 is 0 Å². The minimum atomic E-state index is -0.296. The zero-order valence-electron chi connectivity index (χ0n) is 15.5. The number of nitrogens with zero attached hydrogens (tertiary/aromatic N) is 1. The van der Waals surface area contributed by atoms with Crippen molar-refractivity contribution in [3.8, 4) is 0 Å². The molecule has 2 heterocycles. The Morgan fingerprint density at radius 2 is 1.89 bits per heavy atom. The molecule has 2 aliphatic rings. The van der Waals surface area contributed by atoms with Crippen LogP contribution in [0.15, 0.2) is 48.5 Å². The quantitative estimate of drug-likeness (QED) is 0.740. The summed E-state index contributed by atoms with van der Waals surface area (Å²) in [6, 6.07) is 13.7. The van der Waals surface area contributed by atoms with Crippen molar-refractivity contribution in [2.24, 2.45) is 5.92 Å².